The number of nitrogens with one attached hydrogen (secondary N) is 1. The van der Waals surface area contributed by atoms with Gasteiger partial charge < -0.3 is 5.32 Å². The van der Waals surface area contributed by atoms with Crippen LogP contribution in [0, 0.1) is 0 Å². The van der Waals surface area contributed by atoms with Crippen LogP contribution in [0.3, 0.4) is 0 Å². The largest absolute Gasteiger partial charge is 0.349 e. The first-order chi connectivity index (χ1) is 13.6. The van der Waals surface area contributed by atoms with E-state index in [1.807, 2.05) is 66.1 Å². The molecule has 5 nitrogen and oxygen atoms in total. The molecule has 0 aliphatic rings. The van der Waals surface area contributed by atoms with Crippen LogP contribution in [0.1, 0.15) is 18.5 Å². The van der Waals surface area contributed by atoms with E-state index in [1.54, 1.807) is 6.08 Å². The fourth-order valence-corrected chi connectivity index (χ4v) is 3.87. The summed E-state index contributed by atoms with van der Waals surface area (Å²) in [5, 5.41) is 12.9. The second kappa shape index (κ2) is 9.57. The fraction of sp³-hybridized carbons (Fsp3) is 0.190. The molecule has 0 bridgehead atoms. The fourth-order valence-electron chi connectivity index (χ4n) is 2.81. The van der Waals surface area contributed by atoms with Crippen molar-refractivity contribution in [3.05, 3.63) is 77.8 Å². The number of nitrogens with zero attached hydrogens (tertiary/aromatic N) is 3. The van der Waals surface area contributed by atoms with Gasteiger partial charge in [-0.25, -0.2) is 0 Å². The number of benzene rings is 2. The predicted molar refractivity (Wildman–Crippen MR) is 114 cm³/mol. The van der Waals surface area contributed by atoms with E-state index in [0.29, 0.717) is 16.7 Å². The van der Waals surface area contributed by atoms with Gasteiger partial charge in [-0.3, -0.25) is 9.36 Å². The van der Waals surface area contributed by atoms with Crippen molar-refractivity contribution in [3.63, 3.8) is 0 Å². The van der Waals surface area contributed by atoms with Crippen molar-refractivity contribution < 1.29 is 4.79 Å². The molecule has 0 fully saturated rings. The Labute approximate surface area is 173 Å². The molecule has 0 saturated carbocycles. The molecule has 1 heterocycles. The molecule has 28 heavy (non-hydrogen) atoms. The Balaban J connectivity index is 1.67. The van der Waals surface area contributed by atoms with E-state index in [-0.39, 0.29) is 17.7 Å². The molecule has 1 amide bonds. The van der Waals surface area contributed by atoms with E-state index in [1.165, 1.54) is 11.8 Å². The summed E-state index contributed by atoms with van der Waals surface area (Å²) in [6.45, 7) is 6.29. The van der Waals surface area contributed by atoms with Gasteiger partial charge >= 0.3 is 0 Å². The topological polar surface area (TPSA) is 59.8 Å². The number of carbonyl (C=O) groups excluding carboxylic acids is 1. The molecule has 1 N–H and O–H groups in total. The Bertz CT molecular complexity index is 958. The molecule has 0 saturated heterocycles. The minimum Gasteiger partial charge on any atom is -0.349 e. The van der Waals surface area contributed by atoms with Crippen LogP contribution in [0.4, 0.5) is 0 Å². The van der Waals surface area contributed by atoms with Gasteiger partial charge in [0.2, 0.25) is 5.91 Å². The summed E-state index contributed by atoms with van der Waals surface area (Å²) < 4.78 is 1.96. The number of allylic oxidation sites excluding steroid dienone is 1. The van der Waals surface area contributed by atoms with Crippen molar-refractivity contribution in [2.45, 2.75) is 24.7 Å². The average Bonchev–Trinajstić information content (AvgIpc) is 3.10. The number of rotatable bonds is 8. The molecule has 3 rings (SSSR count). The first-order valence-corrected chi connectivity index (χ1v) is 10.2. The molecular formula is C21H21ClN4OS. The van der Waals surface area contributed by atoms with Gasteiger partial charge in [-0.05, 0) is 18.6 Å². The van der Waals surface area contributed by atoms with Crippen LogP contribution in [0.15, 0.2) is 72.4 Å². The third-order valence-corrected chi connectivity index (χ3v) is 5.45. The minimum atomic E-state index is -0.173. The first-order valence-electron chi connectivity index (χ1n) is 8.86. The van der Waals surface area contributed by atoms with Crippen molar-refractivity contribution >= 4 is 29.3 Å². The van der Waals surface area contributed by atoms with Crippen molar-refractivity contribution in [3.8, 4) is 11.4 Å². The summed E-state index contributed by atoms with van der Waals surface area (Å²) in [6.07, 6.45) is 1.79. The number of thioether (sulfide) groups is 1. The van der Waals surface area contributed by atoms with Gasteiger partial charge in [0.25, 0.3) is 0 Å². The Morgan fingerprint density at radius 3 is 2.64 bits per heavy atom. The first kappa shape index (κ1) is 20.2. The molecule has 1 aromatic heterocycles. The second-order valence-electron chi connectivity index (χ2n) is 6.17. The molecule has 3 aromatic rings. The highest BCUT2D eigenvalue weighted by molar-refractivity contribution is 7.99. The third-order valence-electron chi connectivity index (χ3n) is 4.14. The van der Waals surface area contributed by atoms with E-state index in [0.717, 1.165) is 17.0 Å². The molecule has 1 atom stereocenters. The number of halogens is 1. The molecule has 0 aliphatic carbocycles. The van der Waals surface area contributed by atoms with Gasteiger partial charge in [-0.1, -0.05) is 78.0 Å². The number of amides is 1. The van der Waals surface area contributed by atoms with Crippen molar-refractivity contribution in [1.82, 2.24) is 20.1 Å². The van der Waals surface area contributed by atoms with Gasteiger partial charge in [-0.15, -0.1) is 16.8 Å². The normalized spacial score (nSPS) is 11.8. The Hall–Kier alpha value is -2.57. The van der Waals surface area contributed by atoms with Crippen molar-refractivity contribution in [2.75, 3.05) is 5.75 Å². The highest BCUT2D eigenvalue weighted by atomic mass is 35.5. The molecule has 0 radical (unpaired) electrons. The van der Waals surface area contributed by atoms with E-state index in [4.69, 9.17) is 11.6 Å². The van der Waals surface area contributed by atoms with E-state index >= 15 is 0 Å². The average molecular weight is 413 g/mol. The van der Waals surface area contributed by atoms with Gasteiger partial charge in [0.15, 0.2) is 11.0 Å². The number of carbonyl (C=O) groups is 1. The summed E-state index contributed by atoms with van der Waals surface area (Å²) in [4.78, 5) is 12.4. The SMILES string of the molecule is C=CCn1c(SCC(=O)NC(C)c2ccccc2Cl)nnc1-c1ccccc1. The molecule has 1 unspecified atom stereocenters. The zero-order valence-electron chi connectivity index (χ0n) is 15.5. The lowest BCUT2D eigenvalue weighted by atomic mass is 10.1. The van der Waals surface area contributed by atoms with Crippen molar-refractivity contribution in [1.29, 1.82) is 0 Å². The zero-order chi connectivity index (χ0) is 19.9. The van der Waals surface area contributed by atoms with Crippen LogP contribution in [0.25, 0.3) is 11.4 Å². The smallest absolute Gasteiger partial charge is 0.230 e. The monoisotopic (exact) mass is 412 g/mol. The highest BCUT2D eigenvalue weighted by Crippen LogP contribution is 2.25. The van der Waals surface area contributed by atoms with Gasteiger partial charge in [-0.2, -0.15) is 0 Å². The van der Waals surface area contributed by atoms with E-state index in [2.05, 4.69) is 22.1 Å². The summed E-state index contributed by atoms with van der Waals surface area (Å²) in [7, 11) is 0. The second-order valence-corrected chi connectivity index (χ2v) is 7.52. The highest BCUT2D eigenvalue weighted by Gasteiger charge is 2.16. The predicted octanol–water partition coefficient (Wildman–Crippen LogP) is 4.75. The van der Waals surface area contributed by atoms with E-state index < -0.39 is 0 Å². The van der Waals surface area contributed by atoms with Crippen LogP contribution < -0.4 is 5.32 Å². The minimum absolute atomic E-state index is 0.0909. The summed E-state index contributed by atoms with van der Waals surface area (Å²) in [5.41, 5.74) is 1.86. The van der Waals surface area contributed by atoms with Crippen LogP contribution in [-0.2, 0) is 11.3 Å². The maximum atomic E-state index is 12.4. The third kappa shape index (κ3) is 4.82. The molecule has 0 aliphatic heterocycles. The number of aromatic nitrogens is 3. The van der Waals surface area contributed by atoms with Crippen LogP contribution >= 0.6 is 23.4 Å². The van der Waals surface area contributed by atoms with Gasteiger partial charge in [0.1, 0.15) is 0 Å². The maximum absolute atomic E-state index is 12.4. The Morgan fingerprint density at radius 2 is 1.93 bits per heavy atom. The lowest BCUT2D eigenvalue weighted by molar-refractivity contribution is -0.119. The Morgan fingerprint density at radius 1 is 1.21 bits per heavy atom. The lowest BCUT2D eigenvalue weighted by Gasteiger charge is -2.15. The summed E-state index contributed by atoms with van der Waals surface area (Å²) >= 11 is 7.55. The summed E-state index contributed by atoms with van der Waals surface area (Å²) in [5.74, 6) is 0.901. The van der Waals surface area contributed by atoms with Crippen LogP contribution in [0.2, 0.25) is 5.02 Å². The molecule has 2 aromatic carbocycles. The number of hydrogen-bond acceptors (Lipinski definition) is 4. The van der Waals surface area contributed by atoms with Crippen molar-refractivity contribution in [2.24, 2.45) is 0 Å². The Kier molecular flexibility index (Phi) is 6.90. The van der Waals surface area contributed by atoms with Gasteiger partial charge in [0.05, 0.1) is 11.8 Å². The van der Waals surface area contributed by atoms with Gasteiger partial charge in [0, 0.05) is 17.1 Å². The van der Waals surface area contributed by atoms with Crippen LogP contribution in [-0.4, -0.2) is 26.4 Å². The molecule has 0 spiro atoms. The van der Waals surface area contributed by atoms with E-state index in [9.17, 15) is 4.79 Å². The zero-order valence-corrected chi connectivity index (χ0v) is 17.1. The maximum Gasteiger partial charge on any atom is 0.230 e. The standard InChI is InChI=1S/C21H21ClN4OS/c1-3-13-26-20(16-9-5-4-6-10-16)24-25-21(26)28-14-19(27)23-15(2)17-11-7-8-12-18(17)22/h3-12,15H,1,13-14H2,2H3,(H,23,27). The number of hydrogen-bond donors (Lipinski definition) is 1. The molecule has 144 valence electrons. The lowest BCUT2D eigenvalue weighted by Crippen LogP contribution is -2.28. The molecular weight excluding hydrogens is 392 g/mol. The van der Waals surface area contributed by atoms with Crippen LogP contribution in [0.5, 0.6) is 0 Å². The quantitative estimate of drug-likeness (QED) is 0.428. The summed E-state index contributed by atoms with van der Waals surface area (Å²) in [6, 6.07) is 17.2. The molecule has 7 heteroatoms.